The van der Waals surface area contributed by atoms with Crippen LogP contribution in [-0.4, -0.2) is 0 Å². The lowest BCUT2D eigenvalue weighted by atomic mass is 10.2. The molecule has 2 aromatic rings. The van der Waals surface area contributed by atoms with Gasteiger partial charge >= 0.3 is 0 Å². The van der Waals surface area contributed by atoms with Crippen LogP contribution in [0, 0.1) is 11.3 Å². The smallest absolute Gasteiger partial charge is 0.169 e. The van der Waals surface area contributed by atoms with Crippen molar-refractivity contribution in [2.45, 2.75) is 13.0 Å². The fraction of sp³-hybridized carbons (Fsp3) is 0.154. The van der Waals surface area contributed by atoms with Crippen LogP contribution in [0.15, 0.2) is 39.4 Å². The summed E-state index contributed by atoms with van der Waals surface area (Å²) in [7, 11) is 0. The first-order valence-electron chi connectivity index (χ1n) is 5.31. The van der Waals surface area contributed by atoms with Gasteiger partial charge in [-0.15, -0.1) is 0 Å². The van der Waals surface area contributed by atoms with Crippen molar-refractivity contribution in [3.05, 3.63) is 51.3 Å². The molecular weight excluding hydrogens is 316 g/mol. The molecular formula is C13H10BrClN2O. The predicted octanol–water partition coefficient (Wildman–Crippen LogP) is 4.74. The third-order valence-electron chi connectivity index (χ3n) is 2.49. The predicted molar refractivity (Wildman–Crippen MR) is 74.6 cm³/mol. The maximum Gasteiger partial charge on any atom is 0.169 e. The highest BCUT2D eigenvalue weighted by molar-refractivity contribution is 9.10. The average molecular weight is 326 g/mol. The van der Waals surface area contributed by atoms with Gasteiger partial charge in [0.1, 0.15) is 5.76 Å². The summed E-state index contributed by atoms with van der Waals surface area (Å²) in [4.78, 5) is 0. The summed E-state index contributed by atoms with van der Waals surface area (Å²) in [6.07, 6.45) is 0. The van der Waals surface area contributed by atoms with Gasteiger partial charge in [-0.1, -0.05) is 11.6 Å². The van der Waals surface area contributed by atoms with Crippen LogP contribution in [0.2, 0.25) is 5.02 Å². The minimum atomic E-state index is -0.0123. The molecule has 5 heteroatoms. The Kier molecular flexibility index (Phi) is 3.95. The molecule has 0 aliphatic carbocycles. The molecule has 3 nitrogen and oxygen atoms in total. The van der Waals surface area contributed by atoms with Crippen LogP contribution in [0.1, 0.15) is 24.3 Å². The highest BCUT2D eigenvalue weighted by Crippen LogP contribution is 2.28. The van der Waals surface area contributed by atoms with Gasteiger partial charge in [0.25, 0.3) is 0 Å². The van der Waals surface area contributed by atoms with Crippen molar-refractivity contribution in [2.75, 3.05) is 5.32 Å². The van der Waals surface area contributed by atoms with Crippen molar-refractivity contribution in [3.8, 4) is 6.07 Å². The monoisotopic (exact) mass is 324 g/mol. The Hall–Kier alpha value is -1.44. The van der Waals surface area contributed by atoms with Crippen LogP contribution in [0.5, 0.6) is 0 Å². The molecule has 0 aliphatic rings. The SMILES string of the molecule is CC(Nc1ccc(C#N)cc1Cl)c1ccc(Br)o1. The lowest BCUT2D eigenvalue weighted by molar-refractivity contribution is 0.471. The molecule has 0 bridgehead atoms. The molecule has 0 amide bonds. The zero-order valence-electron chi connectivity index (χ0n) is 9.58. The zero-order chi connectivity index (χ0) is 13.1. The number of rotatable bonds is 3. The van der Waals surface area contributed by atoms with E-state index in [9.17, 15) is 0 Å². The van der Waals surface area contributed by atoms with Crippen LogP contribution in [0.3, 0.4) is 0 Å². The van der Waals surface area contributed by atoms with Crippen molar-refractivity contribution in [1.82, 2.24) is 0 Å². The largest absolute Gasteiger partial charge is 0.452 e. The Labute approximate surface area is 118 Å². The first-order valence-corrected chi connectivity index (χ1v) is 6.48. The number of nitrogens with zero attached hydrogens (tertiary/aromatic N) is 1. The summed E-state index contributed by atoms with van der Waals surface area (Å²) in [5.74, 6) is 0.808. The Morgan fingerprint density at radius 2 is 2.17 bits per heavy atom. The van der Waals surface area contributed by atoms with E-state index in [1.165, 1.54) is 0 Å². The first kappa shape index (κ1) is 13.0. The Balaban J connectivity index is 2.17. The van der Waals surface area contributed by atoms with Gasteiger partial charge in [0.15, 0.2) is 4.67 Å². The van der Waals surface area contributed by atoms with Gasteiger partial charge in [-0.25, -0.2) is 0 Å². The fourth-order valence-corrected chi connectivity index (χ4v) is 2.12. The van der Waals surface area contributed by atoms with E-state index >= 15 is 0 Å². The van der Waals surface area contributed by atoms with Crippen LogP contribution in [-0.2, 0) is 0 Å². The van der Waals surface area contributed by atoms with Gasteiger partial charge < -0.3 is 9.73 Å². The lowest BCUT2D eigenvalue weighted by Crippen LogP contribution is -2.05. The van der Waals surface area contributed by atoms with Gasteiger partial charge in [0, 0.05) is 0 Å². The maximum atomic E-state index is 8.77. The Bertz CT molecular complexity index is 603. The molecule has 0 aliphatic heterocycles. The molecule has 0 saturated carbocycles. The number of anilines is 1. The van der Waals surface area contributed by atoms with E-state index in [-0.39, 0.29) is 6.04 Å². The minimum Gasteiger partial charge on any atom is -0.452 e. The first-order chi connectivity index (χ1) is 8.60. The zero-order valence-corrected chi connectivity index (χ0v) is 11.9. The van der Waals surface area contributed by atoms with E-state index in [0.717, 1.165) is 11.4 Å². The normalized spacial score (nSPS) is 11.9. The summed E-state index contributed by atoms with van der Waals surface area (Å²) in [6.45, 7) is 1.97. The van der Waals surface area contributed by atoms with E-state index in [1.54, 1.807) is 18.2 Å². The molecule has 1 aromatic carbocycles. The molecule has 0 saturated heterocycles. The second-order valence-electron chi connectivity index (χ2n) is 3.81. The summed E-state index contributed by atoms with van der Waals surface area (Å²) >= 11 is 9.35. The van der Waals surface area contributed by atoms with E-state index in [0.29, 0.717) is 15.3 Å². The molecule has 0 fully saturated rings. The van der Waals surface area contributed by atoms with Crippen LogP contribution >= 0.6 is 27.5 Å². The standard InChI is InChI=1S/C13H10BrClN2O/c1-8(12-4-5-13(14)18-12)17-11-3-2-9(7-16)6-10(11)15/h2-6,8,17H,1H3. The lowest BCUT2D eigenvalue weighted by Gasteiger charge is -2.14. The van der Waals surface area contributed by atoms with Crippen LogP contribution < -0.4 is 5.32 Å². The van der Waals surface area contributed by atoms with Gasteiger partial charge in [0.2, 0.25) is 0 Å². The molecule has 1 N–H and O–H groups in total. The van der Waals surface area contributed by atoms with Crippen molar-refractivity contribution >= 4 is 33.2 Å². The molecule has 1 heterocycles. The fourth-order valence-electron chi connectivity index (χ4n) is 1.57. The number of furan rings is 1. The molecule has 1 unspecified atom stereocenters. The summed E-state index contributed by atoms with van der Waals surface area (Å²) in [5, 5.41) is 12.5. The summed E-state index contributed by atoms with van der Waals surface area (Å²) in [6, 6.07) is 10.9. The number of hydrogen-bond acceptors (Lipinski definition) is 3. The number of nitriles is 1. The number of hydrogen-bond donors (Lipinski definition) is 1. The highest BCUT2D eigenvalue weighted by Gasteiger charge is 2.11. The molecule has 92 valence electrons. The topological polar surface area (TPSA) is 49.0 Å². The van der Waals surface area contributed by atoms with Gasteiger partial charge in [-0.2, -0.15) is 5.26 Å². The maximum absolute atomic E-state index is 8.77. The van der Waals surface area contributed by atoms with E-state index in [1.807, 2.05) is 25.1 Å². The van der Waals surface area contributed by atoms with E-state index in [2.05, 4.69) is 21.2 Å². The molecule has 0 radical (unpaired) electrons. The summed E-state index contributed by atoms with van der Waals surface area (Å²) in [5.41, 5.74) is 1.31. The Morgan fingerprint density at radius 3 is 2.72 bits per heavy atom. The van der Waals surface area contributed by atoms with Gasteiger partial charge in [0.05, 0.1) is 28.4 Å². The second kappa shape index (κ2) is 5.47. The van der Waals surface area contributed by atoms with Crippen molar-refractivity contribution in [1.29, 1.82) is 5.26 Å². The average Bonchev–Trinajstić information content (AvgIpc) is 2.78. The summed E-state index contributed by atoms with van der Waals surface area (Å²) < 4.78 is 6.15. The molecule has 2 rings (SSSR count). The number of benzene rings is 1. The minimum absolute atomic E-state index is 0.0123. The number of halogens is 2. The van der Waals surface area contributed by atoms with Gasteiger partial charge in [-0.3, -0.25) is 0 Å². The van der Waals surface area contributed by atoms with E-state index < -0.39 is 0 Å². The third-order valence-corrected chi connectivity index (χ3v) is 3.23. The highest BCUT2D eigenvalue weighted by atomic mass is 79.9. The molecule has 1 aromatic heterocycles. The van der Waals surface area contributed by atoms with Crippen molar-refractivity contribution in [2.24, 2.45) is 0 Å². The molecule has 18 heavy (non-hydrogen) atoms. The quantitative estimate of drug-likeness (QED) is 0.886. The Morgan fingerprint density at radius 1 is 1.39 bits per heavy atom. The van der Waals surface area contributed by atoms with Crippen molar-refractivity contribution < 1.29 is 4.42 Å². The number of nitrogens with one attached hydrogen (secondary N) is 1. The third kappa shape index (κ3) is 2.87. The molecule has 1 atom stereocenters. The van der Waals surface area contributed by atoms with Crippen LogP contribution in [0.4, 0.5) is 5.69 Å². The van der Waals surface area contributed by atoms with E-state index in [4.69, 9.17) is 21.3 Å². The van der Waals surface area contributed by atoms with Crippen LogP contribution in [0.25, 0.3) is 0 Å². The van der Waals surface area contributed by atoms with Gasteiger partial charge in [-0.05, 0) is 53.2 Å². The van der Waals surface area contributed by atoms with Crippen molar-refractivity contribution in [3.63, 3.8) is 0 Å². The second-order valence-corrected chi connectivity index (χ2v) is 5.00. The molecule has 0 spiro atoms.